The summed E-state index contributed by atoms with van der Waals surface area (Å²) in [6, 6.07) is 17.6. The summed E-state index contributed by atoms with van der Waals surface area (Å²) < 4.78 is 6.23. The van der Waals surface area contributed by atoms with Crippen molar-refractivity contribution in [3.63, 3.8) is 0 Å². The molecule has 3 aromatic rings. The molecular weight excluding hydrogens is 684 g/mol. The van der Waals surface area contributed by atoms with Crippen LogP contribution in [-0.4, -0.2) is 82.3 Å². The number of pyridine rings is 1. The molecule has 0 unspecified atom stereocenters. The minimum absolute atomic E-state index is 0.0691. The third kappa shape index (κ3) is 11.3. The number of rotatable bonds is 15. The molecule has 0 radical (unpaired) electrons. The van der Waals surface area contributed by atoms with Gasteiger partial charge < -0.3 is 26.4 Å². The van der Waals surface area contributed by atoms with E-state index in [1.54, 1.807) is 18.2 Å². The first kappa shape index (κ1) is 40.3. The third-order valence-corrected chi connectivity index (χ3v) is 10.4. The van der Waals surface area contributed by atoms with Gasteiger partial charge in [-0.25, -0.2) is 4.98 Å². The summed E-state index contributed by atoms with van der Waals surface area (Å²) in [5.41, 5.74) is 6.72. The number of carbonyl (C=O) groups is 5. The lowest BCUT2D eigenvalue weighted by Gasteiger charge is -2.47. The van der Waals surface area contributed by atoms with Gasteiger partial charge in [-0.1, -0.05) is 80.8 Å². The fourth-order valence-electron chi connectivity index (χ4n) is 7.80. The number of amides is 4. The number of nitrogens with zero attached hydrogens (tertiary/aromatic N) is 2. The molecule has 5 N–H and O–H groups in total. The molecule has 2 aromatic carbocycles. The molecule has 4 amide bonds. The van der Waals surface area contributed by atoms with Gasteiger partial charge in [-0.3, -0.25) is 28.9 Å². The van der Waals surface area contributed by atoms with Crippen LogP contribution in [0.5, 0.6) is 0 Å². The smallest absolute Gasteiger partial charge is 0.306 e. The first-order valence-corrected chi connectivity index (χ1v) is 19.3. The highest BCUT2D eigenvalue weighted by Crippen LogP contribution is 2.39. The lowest BCUT2D eigenvalue weighted by molar-refractivity contribution is -0.154. The lowest BCUT2D eigenvalue weighted by atomic mass is 9.72. The normalized spacial score (nSPS) is 20.5. The van der Waals surface area contributed by atoms with E-state index in [0.29, 0.717) is 36.7 Å². The van der Waals surface area contributed by atoms with Crippen molar-refractivity contribution < 1.29 is 28.7 Å². The molecule has 1 aliphatic carbocycles. The SMILES string of the molecule is CCCC(=O)O[C@H](CN1C[C@H]2CCCC[C@H]2C[C@H]1C(=O)NC(C)(C)C)[C@H](Cc1ccccc1)NC(=O)[C@H](CC(N)=O)NC(=O)c1ccc2ccccc2n1. The molecule has 1 aliphatic heterocycles. The van der Waals surface area contributed by atoms with Crippen LogP contribution in [0.25, 0.3) is 10.9 Å². The molecule has 12 heteroatoms. The topological polar surface area (TPSA) is 173 Å². The quantitative estimate of drug-likeness (QED) is 0.166. The van der Waals surface area contributed by atoms with E-state index in [9.17, 15) is 24.0 Å². The minimum Gasteiger partial charge on any atom is -0.459 e. The summed E-state index contributed by atoms with van der Waals surface area (Å²) in [5.74, 6) is -1.73. The molecule has 1 aromatic heterocycles. The molecule has 12 nitrogen and oxygen atoms in total. The Bertz CT molecular complexity index is 1780. The minimum atomic E-state index is -1.34. The van der Waals surface area contributed by atoms with E-state index in [4.69, 9.17) is 10.5 Å². The van der Waals surface area contributed by atoms with Crippen molar-refractivity contribution in [2.75, 3.05) is 13.1 Å². The van der Waals surface area contributed by atoms with Crippen LogP contribution in [0.4, 0.5) is 0 Å². The number of ether oxygens (including phenoxy) is 1. The number of para-hydroxylation sites is 1. The number of aromatic nitrogens is 1. The number of likely N-dealkylation sites (tertiary alicyclic amines) is 1. The summed E-state index contributed by atoms with van der Waals surface area (Å²) in [6.45, 7) is 8.63. The molecule has 5 rings (SSSR count). The number of nitrogens with one attached hydrogen (secondary N) is 3. The van der Waals surface area contributed by atoms with Crippen LogP contribution >= 0.6 is 0 Å². The number of fused-ring (bicyclic) bond motifs is 2. The Balaban J connectivity index is 1.45. The maximum Gasteiger partial charge on any atom is 0.306 e. The number of carbonyl (C=O) groups excluding carboxylic acids is 5. The van der Waals surface area contributed by atoms with Crippen LogP contribution in [0, 0.1) is 11.8 Å². The second-order valence-corrected chi connectivity index (χ2v) is 15.9. The number of hydrogen-bond acceptors (Lipinski definition) is 8. The number of piperidine rings is 1. The van der Waals surface area contributed by atoms with E-state index in [1.165, 1.54) is 0 Å². The highest BCUT2D eigenvalue weighted by Gasteiger charge is 2.43. The molecule has 1 saturated carbocycles. The zero-order valence-corrected chi connectivity index (χ0v) is 32.0. The van der Waals surface area contributed by atoms with E-state index in [-0.39, 0.29) is 31.0 Å². The molecule has 0 spiro atoms. The van der Waals surface area contributed by atoms with Crippen LogP contribution in [0.2, 0.25) is 0 Å². The fraction of sp³-hybridized carbons (Fsp3) is 0.524. The Labute approximate surface area is 318 Å². The summed E-state index contributed by atoms with van der Waals surface area (Å²) in [4.78, 5) is 73.7. The second-order valence-electron chi connectivity index (χ2n) is 15.9. The van der Waals surface area contributed by atoms with Gasteiger partial charge >= 0.3 is 5.97 Å². The van der Waals surface area contributed by atoms with E-state index in [1.807, 2.05) is 76.2 Å². The molecule has 0 bridgehead atoms. The first-order chi connectivity index (χ1) is 25.8. The van der Waals surface area contributed by atoms with Crippen molar-refractivity contribution in [2.45, 2.75) is 115 Å². The van der Waals surface area contributed by atoms with Crippen molar-refractivity contribution in [2.24, 2.45) is 17.6 Å². The maximum atomic E-state index is 14.2. The average Bonchev–Trinajstić information content (AvgIpc) is 3.13. The fourth-order valence-corrected chi connectivity index (χ4v) is 7.80. The van der Waals surface area contributed by atoms with Crippen molar-refractivity contribution >= 4 is 40.5 Å². The van der Waals surface area contributed by atoms with Gasteiger partial charge in [0.15, 0.2) is 0 Å². The van der Waals surface area contributed by atoms with Crippen LogP contribution < -0.4 is 21.7 Å². The molecular formula is C42H56N6O6. The zero-order chi connectivity index (χ0) is 38.8. The molecule has 2 heterocycles. The Morgan fingerprint density at radius 1 is 0.926 bits per heavy atom. The van der Waals surface area contributed by atoms with Gasteiger partial charge in [-0.15, -0.1) is 0 Å². The Morgan fingerprint density at radius 2 is 1.63 bits per heavy atom. The molecule has 54 heavy (non-hydrogen) atoms. The summed E-state index contributed by atoms with van der Waals surface area (Å²) >= 11 is 0. The summed E-state index contributed by atoms with van der Waals surface area (Å²) in [6.07, 6.45) is 4.83. The van der Waals surface area contributed by atoms with Crippen molar-refractivity contribution in [1.29, 1.82) is 0 Å². The van der Waals surface area contributed by atoms with Gasteiger partial charge in [-0.05, 0) is 76.0 Å². The predicted molar refractivity (Wildman–Crippen MR) is 207 cm³/mol. The van der Waals surface area contributed by atoms with Crippen LogP contribution in [0.15, 0.2) is 66.7 Å². The molecule has 290 valence electrons. The van der Waals surface area contributed by atoms with Crippen LogP contribution in [0.1, 0.15) is 95.1 Å². The monoisotopic (exact) mass is 740 g/mol. The zero-order valence-electron chi connectivity index (χ0n) is 32.0. The Kier molecular flexibility index (Phi) is 13.8. The number of benzene rings is 2. The van der Waals surface area contributed by atoms with Crippen molar-refractivity contribution in [1.82, 2.24) is 25.8 Å². The van der Waals surface area contributed by atoms with E-state index < -0.39 is 59.9 Å². The molecule has 6 atom stereocenters. The number of primary amides is 1. The predicted octanol–water partition coefficient (Wildman–Crippen LogP) is 4.44. The number of esters is 1. The van der Waals surface area contributed by atoms with Gasteiger partial charge in [0, 0.05) is 30.4 Å². The van der Waals surface area contributed by atoms with Gasteiger partial charge in [0.2, 0.25) is 17.7 Å². The molecule has 2 fully saturated rings. The molecule has 2 aliphatic rings. The third-order valence-electron chi connectivity index (χ3n) is 10.4. The van der Waals surface area contributed by atoms with E-state index in [0.717, 1.165) is 36.6 Å². The number of hydrogen-bond donors (Lipinski definition) is 4. The summed E-state index contributed by atoms with van der Waals surface area (Å²) in [7, 11) is 0. The van der Waals surface area contributed by atoms with E-state index >= 15 is 0 Å². The van der Waals surface area contributed by atoms with Crippen molar-refractivity contribution in [3.05, 3.63) is 78.0 Å². The van der Waals surface area contributed by atoms with E-state index in [2.05, 4.69) is 25.8 Å². The van der Waals surface area contributed by atoms with Gasteiger partial charge in [0.05, 0.1) is 24.0 Å². The van der Waals surface area contributed by atoms with Gasteiger partial charge in [-0.2, -0.15) is 0 Å². The largest absolute Gasteiger partial charge is 0.459 e. The Hall–Kier alpha value is -4.84. The second kappa shape index (κ2) is 18.5. The van der Waals surface area contributed by atoms with Gasteiger partial charge in [0.1, 0.15) is 17.8 Å². The summed E-state index contributed by atoms with van der Waals surface area (Å²) in [5, 5.41) is 9.74. The Morgan fingerprint density at radius 3 is 2.33 bits per heavy atom. The highest BCUT2D eigenvalue weighted by atomic mass is 16.5. The number of nitrogens with two attached hydrogens (primary N) is 1. The standard InChI is InChI=1S/C42H56N6O6/c1-5-13-38(50)54-36(26-48-25-30-18-10-9-17-29(30)23-35(48)41(53)47-42(2,3)4)33(22-27-14-7-6-8-15-27)45-40(52)34(24-37(43)49)46-39(51)32-21-20-28-16-11-12-19-31(28)44-32/h6-8,11-12,14-16,19-21,29-30,33-36H,5,9-10,13,17-18,22-26H2,1-4H3,(H2,43,49)(H,45,52)(H,46,51)(H,47,53)/t29-,30+,33-,34-,35-,36+/m0/s1. The van der Waals surface area contributed by atoms with Crippen LogP contribution in [0.3, 0.4) is 0 Å². The highest BCUT2D eigenvalue weighted by molar-refractivity contribution is 5.99. The average molecular weight is 741 g/mol. The maximum absolute atomic E-state index is 14.2. The van der Waals surface area contributed by atoms with Gasteiger partial charge in [0.25, 0.3) is 5.91 Å². The van der Waals surface area contributed by atoms with Crippen molar-refractivity contribution in [3.8, 4) is 0 Å². The molecule has 1 saturated heterocycles. The first-order valence-electron chi connectivity index (χ1n) is 19.3. The lowest BCUT2D eigenvalue weighted by Crippen LogP contribution is -2.61. The van der Waals surface area contributed by atoms with Crippen LogP contribution in [-0.2, 0) is 30.3 Å².